The second kappa shape index (κ2) is 5.11. The van der Waals surface area contributed by atoms with Gasteiger partial charge in [-0.1, -0.05) is 12.8 Å². The highest BCUT2D eigenvalue weighted by atomic mass is 16.5. The summed E-state index contributed by atoms with van der Waals surface area (Å²) in [4.78, 5) is 3.86. The largest absolute Gasteiger partial charge is 0.378 e. The lowest BCUT2D eigenvalue weighted by Gasteiger charge is -2.10. The molecule has 2 rings (SSSR count). The maximum atomic E-state index is 5.74. The first kappa shape index (κ1) is 10.4. The fourth-order valence-electron chi connectivity index (χ4n) is 1.95. The van der Waals surface area contributed by atoms with Crippen molar-refractivity contribution < 1.29 is 4.74 Å². The summed E-state index contributed by atoms with van der Waals surface area (Å²) in [5.74, 6) is 0.340. The Bertz CT molecular complexity index is 293. The lowest BCUT2D eigenvalue weighted by Crippen LogP contribution is -2.10. The second-order valence-electron chi connectivity index (χ2n) is 4.00. The summed E-state index contributed by atoms with van der Waals surface area (Å²) >= 11 is 0. The summed E-state index contributed by atoms with van der Waals surface area (Å²) in [5, 5.41) is 4.01. The van der Waals surface area contributed by atoms with Gasteiger partial charge in [0.05, 0.1) is 6.10 Å². The minimum Gasteiger partial charge on any atom is -0.378 e. The Hall–Kier alpha value is -1.10. The third-order valence-electron chi connectivity index (χ3n) is 2.74. The molecule has 0 spiro atoms. The van der Waals surface area contributed by atoms with Crippen molar-refractivity contribution in [1.29, 1.82) is 0 Å². The van der Waals surface area contributed by atoms with Crippen LogP contribution in [0.25, 0.3) is 0 Å². The highest BCUT2D eigenvalue weighted by Crippen LogP contribution is 2.20. The molecule has 1 saturated carbocycles. The molecule has 15 heavy (non-hydrogen) atoms. The first-order chi connectivity index (χ1) is 7.34. The number of ether oxygens (including phenoxy) is 1. The van der Waals surface area contributed by atoms with Gasteiger partial charge in [-0.2, -0.15) is 0 Å². The SMILES string of the molecule is Nc1ncn(CCCOC2CCCC2)n1. The van der Waals surface area contributed by atoms with E-state index in [2.05, 4.69) is 10.1 Å². The number of nitrogens with two attached hydrogens (primary N) is 1. The molecule has 0 bridgehead atoms. The van der Waals surface area contributed by atoms with Gasteiger partial charge in [-0.25, -0.2) is 4.98 Å². The highest BCUT2D eigenvalue weighted by molar-refractivity contribution is 5.08. The number of hydrogen-bond donors (Lipinski definition) is 1. The van der Waals surface area contributed by atoms with Gasteiger partial charge in [-0.15, -0.1) is 5.10 Å². The summed E-state index contributed by atoms with van der Waals surface area (Å²) in [6.45, 7) is 1.64. The molecular formula is C10H18N4O. The Morgan fingerprint density at radius 2 is 2.27 bits per heavy atom. The van der Waals surface area contributed by atoms with Crippen molar-refractivity contribution in [3.05, 3.63) is 6.33 Å². The molecule has 5 heteroatoms. The average Bonchev–Trinajstić information content (AvgIpc) is 2.84. The van der Waals surface area contributed by atoms with Gasteiger partial charge in [0.25, 0.3) is 0 Å². The van der Waals surface area contributed by atoms with Crippen LogP contribution >= 0.6 is 0 Å². The van der Waals surface area contributed by atoms with Gasteiger partial charge in [0, 0.05) is 13.2 Å². The number of aryl methyl sites for hydroxylation is 1. The molecule has 0 atom stereocenters. The molecule has 84 valence electrons. The molecular weight excluding hydrogens is 192 g/mol. The van der Waals surface area contributed by atoms with Gasteiger partial charge in [-0.3, -0.25) is 4.68 Å². The molecule has 0 saturated heterocycles. The van der Waals surface area contributed by atoms with Crippen LogP contribution in [0.5, 0.6) is 0 Å². The fourth-order valence-corrected chi connectivity index (χ4v) is 1.95. The van der Waals surface area contributed by atoms with Gasteiger partial charge in [0.15, 0.2) is 0 Å². The van der Waals surface area contributed by atoms with E-state index in [1.54, 1.807) is 11.0 Å². The van der Waals surface area contributed by atoms with Crippen molar-refractivity contribution in [3.63, 3.8) is 0 Å². The topological polar surface area (TPSA) is 66.0 Å². The number of anilines is 1. The predicted octanol–water partition coefficient (Wildman–Crippen LogP) is 1.21. The minimum absolute atomic E-state index is 0.340. The summed E-state index contributed by atoms with van der Waals surface area (Å²) < 4.78 is 7.50. The van der Waals surface area contributed by atoms with E-state index in [-0.39, 0.29) is 0 Å². The number of rotatable bonds is 5. The van der Waals surface area contributed by atoms with Crippen molar-refractivity contribution in [2.75, 3.05) is 12.3 Å². The molecule has 1 fully saturated rings. The number of hydrogen-bond acceptors (Lipinski definition) is 4. The molecule has 1 aromatic heterocycles. The Kier molecular flexibility index (Phi) is 3.55. The molecule has 5 nitrogen and oxygen atoms in total. The zero-order valence-electron chi connectivity index (χ0n) is 8.93. The molecule has 1 aromatic rings. The van der Waals surface area contributed by atoms with Crippen molar-refractivity contribution in [2.24, 2.45) is 0 Å². The maximum absolute atomic E-state index is 5.74. The predicted molar refractivity (Wildman–Crippen MR) is 57.3 cm³/mol. The minimum atomic E-state index is 0.340. The Morgan fingerprint density at radius 3 is 2.93 bits per heavy atom. The fraction of sp³-hybridized carbons (Fsp3) is 0.800. The first-order valence-corrected chi connectivity index (χ1v) is 5.61. The molecule has 0 aromatic carbocycles. The van der Waals surface area contributed by atoms with Gasteiger partial charge in [0.1, 0.15) is 6.33 Å². The number of nitrogen functional groups attached to an aromatic ring is 1. The standard InChI is InChI=1S/C10H18N4O/c11-10-12-8-14(13-10)6-3-7-15-9-4-1-2-5-9/h8-9H,1-7H2,(H2,11,13). The van der Waals surface area contributed by atoms with E-state index < -0.39 is 0 Å². The van der Waals surface area contributed by atoms with E-state index in [9.17, 15) is 0 Å². The Morgan fingerprint density at radius 1 is 1.47 bits per heavy atom. The van der Waals surface area contributed by atoms with Crippen LogP contribution in [0.4, 0.5) is 5.95 Å². The molecule has 0 radical (unpaired) electrons. The quantitative estimate of drug-likeness (QED) is 0.742. The van der Waals surface area contributed by atoms with Crippen LogP contribution in [0.3, 0.4) is 0 Å². The summed E-state index contributed by atoms with van der Waals surface area (Å²) in [7, 11) is 0. The van der Waals surface area contributed by atoms with Crippen LogP contribution in [-0.2, 0) is 11.3 Å². The van der Waals surface area contributed by atoms with E-state index in [1.807, 2.05) is 0 Å². The van der Waals surface area contributed by atoms with Crippen LogP contribution in [0.2, 0.25) is 0 Å². The Labute approximate surface area is 89.6 Å². The molecule has 1 heterocycles. The van der Waals surface area contributed by atoms with Crippen LogP contribution in [0.15, 0.2) is 6.33 Å². The smallest absolute Gasteiger partial charge is 0.239 e. The maximum Gasteiger partial charge on any atom is 0.239 e. The average molecular weight is 210 g/mol. The molecule has 0 amide bonds. The Balaban J connectivity index is 1.58. The zero-order chi connectivity index (χ0) is 10.5. The highest BCUT2D eigenvalue weighted by Gasteiger charge is 2.14. The third-order valence-corrected chi connectivity index (χ3v) is 2.74. The number of aromatic nitrogens is 3. The summed E-state index contributed by atoms with van der Waals surface area (Å²) in [6.07, 6.45) is 8.25. The van der Waals surface area contributed by atoms with E-state index >= 15 is 0 Å². The van der Waals surface area contributed by atoms with Crippen molar-refractivity contribution in [1.82, 2.24) is 14.8 Å². The third kappa shape index (κ3) is 3.20. The molecule has 1 aliphatic rings. The monoisotopic (exact) mass is 210 g/mol. The van der Waals surface area contributed by atoms with Crippen LogP contribution < -0.4 is 5.73 Å². The zero-order valence-corrected chi connectivity index (χ0v) is 8.93. The van der Waals surface area contributed by atoms with Crippen LogP contribution in [0.1, 0.15) is 32.1 Å². The van der Waals surface area contributed by atoms with Crippen molar-refractivity contribution in [2.45, 2.75) is 44.8 Å². The molecule has 2 N–H and O–H groups in total. The second-order valence-corrected chi connectivity index (χ2v) is 4.00. The lowest BCUT2D eigenvalue weighted by molar-refractivity contribution is 0.0545. The lowest BCUT2D eigenvalue weighted by atomic mass is 10.3. The molecule has 1 aliphatic carbocycles. The summed E-state index contributed by atoms with van der Waals surface area (Å²) in [5.41, 5.74) is 5.41. The van der Waals surface area contributed by atoms with Gasteiger partial charge in [-0.05, 0) is 19.3 Å². The van der Waals surface area contributed by atoms with E-state index in [4.69, 9.17) is 10.5 Å². The summed E-state index contributed by atoms with van der Waals surface area (Å²) in [6, 6.07) is 0. The number of nitrogens with zero attached hydrogens (tertiary/aromatic N) is 3. The van der Waals surface area contributed by atoms with Crippen molar-refractivity contribution >= 4 is 5.95 Å². The molecule has 0 aliphatic heterocycles. The van der Waals surface area contributed by atoms with Crippen molar-refractivity contribution in [3.8, 4) is 0 Å². The van der Waals surface area contributed by atoms with E-state index in [0.29, 0.717) is 12.1 Å². The van der Waals surface area contributed by atoms with Gasteiger partial charge in [0.2, 0.25) is 5.95 Å². The van der Waals surface area contributed by atoms with Gasteiger partial charge >= 0.3 is 0 Å². The van der Waals surface area contributed by atoms with E-state index in [1.165, 1.54) is 25.7 Å². The first-order valence-electron chi connectivity index (χ1n) is 5.61. The normalized spacial score (nSPS) is 17.3. The van der Waals surface area contributed by atoms with Crippen LogP contribution in [0, 0.1) is 0 Å². The van der Waals surface area contributed by atoms with Crippen LogP contribution in [-0.4, -0.2) is 27.5 Å². The van der Waals surface area contributed by atoms with E-state index in [0.717, 1.165) is 19.6 Å². The van der Waals surface area contributed by atoms with Gasteiger partial charge < -0.3 is 10.5 Å². The molecule has 0 unspecified atom stereocenters.